The van der Waals surface area contributed by atoms with Crippen LogP contribution in [0.3, 0.4) is 0 Å². The Kier molecular flexibility index (Phi) is 7.62. The van der Waals surface area contributed by atoms with E-state index in [1.807, 2.05) is 0 Å². The van der Waals surface area contributed by atoms with Crippen LogP contribution in [0, 0.1) is 11.3 Å². The van der Waals surface area contributed by atoms with Crippen molar-refractivity contribution in [3.8, 4) is 22.9 Å². The Hall–Kier alpha value is -4.10. The summed E-state index contributed by atoms with van der Waals surface area (Å²) in [5.41, 5.74) is -0.914. The molecule has 180 valence electrons. The van der Waals surface area contributed by atoms with Crippen LogP contribution in [0.2, 0.25) is 5.02 Å². The molecule has 2 aromatic carbocycles. The van der Waals surface area contributed by atoms with E-state index in [0.717, 1.165) is 6.20 Å². The molecule has 0 saturated carbocycles. The molecule has 0 aliphatic rings. The number of amides is 1. The molecule has 35 heavy (non-hydrogen) atoms. The lowest BCUT2D eigenvalue weighted by atomic mass is 9.95. The molecule has 3 rings (SSSR count). The number of halogens is 4. The number of carbonyl (C=O) groups is 2. The number of carbonyl (C=O) groups excluding carboxylic acids is 1. The monoisotopic (exact) mass is 503 g/mol. The largest absolute Gasteiger partial charge is 0.496 e. The van der Waals surface area contributed by atoms with Gasteiger partial charge >= 0.3 is 12.1 Å². The highest BCUT2D eigenvalue weighted by atomic mass is 35.5. The molecule has 0 fully saturated rings. The molecule has 1 amide bonds. The van der Waals surface area contributed by atoms with Gasteiger partial charge in [0.15, 0.2) is 0 Å². The smallest absolute Gasteiger partial charge is 0.433 e. The van der Waals surface area contributed by atoms with Crippen LogP contribution in [0.25, 0.3) is 11.1 Å². The average Bonchev–Trinajstić information content (AvgIpc) is 2.81. The van der Waals surface area contributed by atoms with Crippen molar-refractivity contribution < 1.29 is 32.6 Å². The van der Waals surface area contributed by atoms with E-state index in [0.29, 0.717) is 17.4 Å². The maximum Gasteiger partial charge on any atom is 0.433 e. The van der Waals surface area contributed by atoms with Crippen molar-refractivity contribution in [1.82, 2.24) is 10.3 Å². The maximum absolute atomic E-state index is 13.0. The molecule has 0 aliphatic heterocycles. The highest BCUT2D eigenvalue weighted by Crippen LogP contribution is 2.36. The molecule has 3 aromatic rings. The van der Waals surface area contributed by atoms with Crippen molar-refractivity contribution in [2.24, 2.45) is 0 Å². The normalized spacial score (nSPS) is 11.0. The number of hydrogen-bond acceptors (Lipinski definition) is 5. The molecule has 0 unspecified atom stereocenters. The summed E-state index contributed by atoms with van der Waals surface area (Å²) in [6, 6.07) is 11.7. The van der Waals surface area contributed by atoms with Crippen LogP contribution in [-0.4, -0.2) is 29.1 Å². The third-order valence-corrected chi connectivity index (χ3v) is 5.33. The van der Waals surface area contributed by atoms with Gasteiger partial charge in [-0.2, -0.15) is 18.4 Å². The van der Waals surface area contributed by atoms with Crippen LogP contribution in [0.5, 0.6) is 5.75 Å². The molecule has 0 radical (unpaired) electrons. The lowest BCUT2D eigenvalue weighted by Gasteiger charge is -2.15. The van der Waals surface area contributed by atoms with E-state index in [2.05, 4.69) is 10.3 Å². The summed E-state index contributed by atoms with van der Waals surface area (Å²) in [5.74, 6) is -1.34. The molecule has 2 N–H and O–H groups in total. The van der Waals surface area contributed by atoms with Gasteiger partial charge in [-0.1, -0.05) is 29.8 Å². The minimum atomic E-state index is -4.76. The molecule has 7 nitrogen and oxygen atoms in total. The number of ether oxygens (including phenoxy) is 1. The van der Waals surface area contributed by atoms with Crippen molar-refractivity contribution in [2.45, 2.75) is 19.1 Å². The predicted octanol–water partition coefficient (Wildman–Crippen LogP) is 4.86. The Morgan fingerprint density at radius 3 is 2.51 bits per heavy atom. The summed E-state index contributed by atoms with van der Waals surface area (Å²) in [7, 11) is 1.47. The Labute approximate surface area is 202 Å². The standard InChI is InChI=1S/C24H17ClF3N3O4/c1-35-20-5-3-2-4-13(20)11-31-23(34)16-9-17(19(25)6-14(16)8-22(32)33)18-12-30-21(24(26,27)28)7-15(18)10-29/h2-7,9,12H,8,11H2,1H3,(H,31,34)(H,32,33). The summed E-state index contributed by atoms with van der Waals surface area (Å²) in [6.45, 7) is 0.0542. The van der Waals surface area contributed by atoms with Crippen LogP contribution in [0.15, 0.2) is 48.7 Å². The number of pyridine rings is 1. The first-order chi connectivity index (χ1) is 16.5. The number of para-hydroxylation sites is 1. The molecular formula is C24H17ClF3N3O4. The highest BCUT2D eigenvalue weighted by molar-refractivity contribution is 6.33. The van der Waals surface area contributed by atoms with Crippen LogP contribution in [-0.2, 0) is 23.9 Å². The first-order valence-electron chi connectivity index (χ1n) is 9.97. The third kappa shape index (κ3) is 5.88. The fourth-order valence-corrected chi connectivity index (χ4v) is 3.67. The van der Waals surface area contributed by atoms with Gasteiger partial charge in [-0.05, 0) is 29.8 Å². The second-order valence-corrected chi connectivity index (χ2v) is 7.69. The number of benzene rings is 2. The molecule has 11 heteroatoms. The Morgan fingerprint density at radius 2 is 1.89 bits per heavy atom. The number of nitrogens with zero attached hydrogens (tertiary/aromatic N) is 2. The summed E-state index contributed by atoms with van der Waals surface area (Å²) in [6.07, 6.45) is -4.45. The Balaban J connectivity index is 2.05. The fraction of sp³-hybridized carbons (Fsp3) is 0.167. The van der Waals surface area contributed by atoms with Gasteiger partial charge in [-0.3, -0.25) is 14.6 Å². The number of carboxylic acids is 1. The minimum absolute atomic E-state index is 0.0360. The first-order valence-corrected chi connectivity index (χ1v) is 10.3. The van der Waals surface area contributed by atoms with E-state index in [1.54, 1.807) is 30.3 Å². The van der Waals surface area contributed by atoms with Gasteiger partial charge in [-0.25, -0.2) is 0 Å². The molecule has 0 bridgehead atoms. The summed E-state index contributed by atoms with van der Waals surface area (Å²) < 4.78 is 44.3. The number of aromatic nitrogens is 1. The summed E-state index contributed by atoms with van der Waals surface area (Å²) in [4.78, 5) is 27.8. The fourth-order valence-electron chi connectivity index (χ4n) is 3.38. The Bertz CT molecular complexity index is 1340. The number of nitriles is 1. The van der Waals surface area contributed by atoms with Crippen LogP contribution in [0.1, 0.15) is 32.7 Å². The lowest BCUT2D eigenvalue weighted by molar-refractivity contribution is -0.141. The van der Waals surface area contributed by atoms with Crippen LogP contribution in [0.4, 0.5) is 13.2 Å². The van der Waals surface area contributed by atoms with Gasteiger partial charge in [0.1, 0.15) is 11.4 Å². The second-order valence-electron chi connectivity index (χ2n) is 7.28. The van der Waals surface area contributed by atoms with Crippen LogP contribution >= 0.6 is 11.6 Å². The zero-order valence-electron chi connectivity index (χ0n) is 18.1. The number of carboxylic acid groups (broad SMARTS) is 1. The van der Waals surface area contributed by atoms with Crippen molar-refractivity contribution in [3.05, 3.63) is 81.6 Å². The Morgan fingerprint density at radius 1 is 1.17 bits per heavy atom. The average molecular weight is 504 g/mol. The van der Waals surface area contributed by atoms with E-state index in [1.165, 1.54) is 19.2 Å². The van der Waals surface area contributed by atoms with E-state index in [-0.39, 0.29) is 39.4 Å². The number of alkyl halides is 3. The van der Waals surface area contributed by atoms with E-state index >= 15 is 0 Å². The van der Waals surface area contributed by atoms with Crippen molar-refractivity contribution in [2.75, 3.05) is 7.11 Å². The molecule has 1 heterocycles. The molecule has 0 spiro atoms. The quantitative estimate of drug-likeness (QED) is 0.476. The van der Waals surface area contributed by atoms with E-state index in [9.17, 15) is 33.1 Å². The van der Waals surface area contributed by atoms with Gasteiger partial charge in [0.05, 0.1) is 25.2 Å². The van der Waals surface area contributed by atoms with E-state index in [4.69, 9.17) is 16.3 Å². The second kappa shape index (κ2) is 10.4. The van der Waals surface area contributed by atoms with Gasteiger partial charge in [0.2, 0.25) is 0 Å². The number of hydrogen-bond donors (Lipinski definition) is 2. The van der Waals surface area contributed by atoms with Gasteiger partial charge in [-0.15, -0.1) is 0 Å². The highest BCUT2D eigenvalue weighted by Gasteiger charge is 2.33. The number of rotatable bonds is 7. The zero-order chi connectivity index (χ0) is 25.8. The molecular weight excluding hydrogens is 487 g/mol. The molecule has 1 aromatic heterocycles. The third-order valence-electron chi connectivity index (χ3n) is 5.02. The van der Waals surface area contributed by atoms with Crippen molar-refractivity contribution in [3.63, 3.8) is 0 Å². The number of methoxy groups -OCH3 is 1. The zero-order valence-corrected chi connectivity index (χ0v) is 18.9. The number of aliphatic carboxylic acids is 1. The molecule has 0 atom stereocenters. The van der Waals surface area contributed by atoms with E-state index < -0.39 is 30.2 Å². The predicted molar refractivity (Wildman–Crippen MR) is 120 cm³/mol. The maximum atomic E-state index is 13.0. The minimum Gasteiger partial charge on any atom is -0.496 e. The summed E-state index contributed by atoms with van der Waals surface area (Å²) >= 11 is 6.29. The van der Waals surface area contributed by atoms with Crippen LogP contribution < -0.4 is 10.1 Å². The number of nitrogens with one attached hydrogen (secondary N) is 1. The van der Waals surface area contributed by atoms with Gasteiger partial charge < -0.3 is 15.2 Å². The SMILES string of the molecule is COc1ccccc1CNC(=O)c1cc(-c2cnc(C(F)(F)F)cc2C#N)c(Cl)cc1CC(=O)O. The lowest BCUT2D eigenvalue weighted by Crippen LogP contribution is -2.25. The topological polar surface area (TPSA) is 112 Å². The van der Waals surface area contributed by atoms with Crippen molar-refractivity contribution >= 4 is 23.5 Å². The van der Waals surface area contributed by atoms with Gasteiger partial charge in [0, 0.05) is 40.0 Å². The molecule has 0 saturated heterocycles. The molecule has 0 aliphatic carbocycles. The van der Waals surface area contributed by atoms with Gasteiger partial charge in [0.25, 0.3) is 5.91 Å². The summed E-state index contributed by atoms with van der Waals surface area (Å²) in [5, 5.41) is 21.3. The van der Waals surface area contributed by atoms with Crippen molar-refractivity contribution in [1.29, 1.82) is 5.26 Å². The first kappa shape index (κ1) is 25.5.